The molecule has 1 aromatic rings. The lowest BCUT2D eigenvalue weighted by Gasteiger charge is -2.22. The number of aromatic nitrogens is 1. The van der Waals surface area contributed by atoms with E-state index in [0.717, 1.165) is 4.34 Å². The Hall–Kier alpha value is -0.590. The van der Waals surface area contributed by atoms with Gasteiger partial charge in [0.05, 0.1) is 0 Å². The van der Waals surface area contributed by atoms with Crippen LogP contribution in [0, 0.1) is 0 Å². The lowest BCUT2D eigenvalue weighted by molar-refractivity contribution is -0.139. The fourth-order valence-corrected chi connectivity index (χ4v) is 2.99. The van der Waals surface area contributed by atoms with Crippen LogP contribution in [0.3, 0.4) is 0 Å². The normalized spacial score (nSPS) is 14.8. The molecule has 0 saturated carbocycles. The third kappa shape index (κ3) is 3.48. The molecule has 0 spiro atoms. The Kier molecular flexibility index (Phi) is 4.56. The zero-order valence-corrected chi connectivity index (χ0v) is 10.2. The van der Waals surface area contributed by atoms with Gasteiger partial charge in [-0.1, -0.05) is 11.8 Å². The van der Waals surface area contributed by atoms with Crippen LogP contribution in [0.1, 0.15) is 13.3 Å². The lowest BCUT2D eigenvalue weighted by atomic mass is 10.1. The van der Waals surface area contributed by atoms with Crippen molar-refractivity contribution in [3.05, 3.63) is 11.6 Å². The molecule has 1 unspecified atom stereocenters. The highest BCUT2D eigenvalue weighted by atomic mass is 32.2. The Morgan fingerprint density at radius 3 is 3.00 bits per heavy atom. The van der Waals surface area contributed by atoms with E-state index in [-0.39, 0.29) is 0 Å². The van der Waals surface area contributed by atoms with Crippen LogP contribution in [0.15, 0.2) is 15.9 Å². The van der Waals surface area contributed by atoms with Crippen molar-refractivity contribution < 1.29 is 14.6 Å². The number of thiazole rings is 1. The van der Waals surface area contributed by atoms with Gasteiger partial charge in [-0.15, -0.1) is 11.3 Å². The maximum absolute atomic E-state index is 11.2. The molecule has 1 N–H and O–H groups in total. The molecule has 0 amide bonds. The van der Waals surface area contributed by atoms with Crippen LogP contribution in [0.5, 0.6) is 0 Å². The first-order valence-corrected chi connectivity index (χ1v) is 6.09. The summed E-state index contributed by atoms with van der Waals surface area (Å²) in [5.74, 6) is -0.834. The predicted molar refractivity (Wildman–Crippen MR) is 60.5 cm³/mol. The molecule has 6 heteroatoms. The van der Waals surface area contributed by atoms with E-state index in [4.69, 9.17) is 9.84 Å². The van der Waals surface area contributed by atoms with Crippen molar-refractivity contribution in [3.63, 3.8) is 0 Å². The molecule has 0 bridgehead atoms. The molecular formula is C9H13NO3S2. The first-order chi connectivity index (χ1) is 7.08. The number of methoxy groups -OCH3 is 1. The SMILES string of the molecule is COCCC(C)(Sc1nccs1)C(=O)O. The Bertz CT molecular complexity index is 315. The van der Waals surface area contributed by atoms with Crippen molar-refractivity contribution in [1.29, 1.82) is 0 Å². The number of nitrogens with zero attached hydrogens (tertiary/aromatic N) is 1. The molecule has 0 aromatic carbocycles. The highest BCUT2D eigenvalue weighted by molar-refractivity contribution is 8.03. The van der Waals surface area contributed by atoms with Crippen LogP contribution in [-0.4, -0.2) is 34.5 Å². The van der Waals surface area contributed by atoms with Crippen LogP contribution >= 0.6 is 23.1 Å². The fraction of sp³-hybridized carbons (Fsp3) is 0.556. The topological polar surface area (TPSA) is 59.4 Å². The molecule has 1 atom stereocenters. The third-order valence-electron chi connectivity index (χ3n) is 1.96. The van der Waals surface area contributed by atoms with Gasteiger partial charge in [0.15, 0.2) is 4.34 Å². The third-order valence-corrected chi connectivity index (χ3v) is 4.17. The Balaban J connectivity index is 2.68. The molecule has 0 aliphatic carbocycles. The maximum atomic E-state index is 11.2. The fourth-order valence-electron chi connectivity index (χ4n) is 0.952. The Morgan fingerprint density at radius 2 is 2.53 bits per heavy atom. The number of ether oxygens (including phenoxy) is 1. The average Bonchev–Trinajstić information content (AvgIpc) is 2.67. The van der Waals surface area contributed by atoms with Crippen molar-refractivity contribution in [2.75, 3.05) is 13.7 Å². The van der Waals surface area contributed by atoms with Gasteiger partial charge in [0.25, 0.3) is 0 Å². The minimum absolute atomic E-state index is 0.432. The van der Waals surface area contributed by atoms with Gasteiger partial charge in [-0.3, -0.25) is 4.79 Å². The van der Waals surface area contributed by atoms with Crippen molar-refractivity contribution in [2.24, 2.45) is 0 Å². The molecule has 0 aliphatic rings. The Labute approximate surface area is 96.7 Å². The predicted octanol–water partition coefficient (Wildman–Crippen LogP) is 2.11. The number of thioether (sulfide) groups is 1. The molecule has 0 saturated heterocycles. The van der Waals surface area contributed by atoms with Crippen LogP contribution in [0.4, 0.5) is 0 Å². The van der Waals surface area contributed by atoms with E-state index < -0.39 is 10.7 Å². The van der Waals surface area contributed by atoms with Gasteiger partial charge in [0, 0.05) is 25.3 Å². The van der Waals surface area contributed by atoms with Crippen molar-refractivity contribution in [2.45, 2.75) is 22.4 Å². The first-order valence-electron chi connectivity index (χ1n) is 4.39. The van der Waals surface area contributed by atoms with Crippen molar-refractivity contribution >= 4 is 29.1 Å². The van der Waals surface area contributed by atoms with Crippen LogP contribution in [0.25, 0.3) is 0 Å². The molecule has 0 aliphatic heterocycles. The first kappa shape index (κ1) is 12.5. The smallest absolute Gasteiger partial charge is 0.320 e. The van der Waals surface area contributed by atoms with Crippen molar-refractivity contribution in [3.8, 4) is 0 Å². The molecular weight excluding hydrogens is 234 g/mol. The van der Waals surface area contributed by atoms with Gasteiger partial charge in [-0.25, -0.2) is 4.98 Å². The number of hydrogen-bond acceptors (Lipinski definition) is 5. The van der Waals surface area contributed by atoms with Crippen LogP contribution in [0.2, 0.25) is 0 Å². The highest BCUT2D eigenvalue weighted by Gasteiger charge is 2.35. The van der Waals surface area contributed by atoms with Crippen LogP contribution in [-0.2, 0) is 9.53 Å². The van der Waals surface area contributed by atoms with Gasteiger partial charge in [-0.2, -0.15) is 0 Å². The van der Waals surface area contributed by atoms with Gasteiger partial charge < -0.3 is 9.84 Å². The summed E-state index contributed by atoms with van der Waals surface area (Å²) in [5, 5.41) is 11.0. The summed E-state index contributed by atoms with van der Waals surface area (Å²) in [4.78, 5) is 15.2. The number of rotatable bonds is 6. The van der Waals surface area contributed by atoms with Crippen molar-refractivity contribution in [1.82, 2.24) is 4.98 Å². The second-order valence-electron chi connectivity index (χ2n) is 3.18. The second-order valence-corrected chi connectivity index (χ2v) is 5.82. The Morgan fingerprint density at radius 1 is 1.80 bits per heavy atom. The zero-order chi connectivity index (χ0) is 11.3. The lowest BCUT2D eigenvalue weighted by Crippen LogP contribution is -2.32. The van der Waals surface area contributed by atoms with E-state index in [1.807, 2.05) is 5.38 Å². The van der Waals surface area contributed by atoms with E-state index in [2.05, 4.69) is 4.98 Å². The maximum Gasteiger partial charge on any atom is 0.320 e. The quantitative estimate of drug-likeness (QED) is 0.780. The van der Waals surface area contributed by atoms with E-state index in [0.29, 0.717) is 13.0 Å². The van der Waals surface area contributed by atoms with Gasteiger partial charge in [-0.05, 0) is 13.3 Å². The van der Waals surface area contributed by atoms with Gasteiger partial charge in [0.2, 0.25) is 0 Å². The monoisotopic (exact) mass is 247 g/mol. The van der Waals surface area contributed by atoms with E-state index in [9.17, 15) is 4.79 Å². The summed E-state index contributed by atoms with van der Waals surface area (Å²) in [6.07, 6.45) is 2.13. The highest BCUT2D eigenvalue weighted by Crippen LogP contribution is 2.36. The van der Waals surface area contributed by atoms with E-state index >= 15 is 0 Å². The molecule has 1 heterocycles. The largest absolute Gasteiger partial charge is 0.480 e. The molecule has 0 radical (unpaired) electrons. The summed E-state index contributed by atoms with van der Waals surface area (Å²) in [7, 11) is 1.57. The number of aliphatic carboxylic acids is 1. The molecule has 15 heavy (non-hydrogen) atoms. The van der Waals surface area contributed by atoms with E-state index in [1.54, 1.807) is 20.2 Å². The number of carboxylic acid groups (broad SMARTS) is 1. The summed E-state index contributed by atoms with van der Waals surface area (Å²) < 4.78 is 4.82. The summed E-state index contributed by atoms with van der Waals surface area (Å²) in [6.45, 7) is 2.13. The summed E-state index contributed by atoms with van der Waals surface area (Å²) in [6, 6.07) is 0. The minimum atomic E-state index is -0.867. The average molecular weight is 247 g/mol. The molecule has 84 valence electrons. The van der Waals surface area contributed by atoms with Gasteiger partial charge >= 0.3 is 5.97 Å². The standard InChI is InChI=1S/C9H13NO3S2/c1-9(7(11)12,3-5-13-2)15-8-10-4-6-14-8/h4,6H,3,5H2,1-2H3,(H,11,12). The molecule has 1 rings (SSSR count). The second kappa shape index (κ2) is 5.48. The summed E-state index contributed by atoms with van der Waals surface area (Å²) in [5.41, 5.74) is 0. The summed E-state index contributed by atoms with van der Waals surface area (Å²) >= 11 is 2.72. The zero-order valence-electron chi connectivity index (χ0n) is 8.60. The molecule has 0 fully saturated rings. The van der Waals surface area contributed by atoms with Gasteiger partial charge in [0.1, 0.15) is 4.75 Å². The number of hydrogen-bond donors (Lipinski definition) is 1. The molecule has 1 aromatic heterocycles. The minimum Gasteiger partial charge on any atom is -0.480 e. The number of carboxylic acids is 1. The van der Waals surface area contributed by atoms with E-state index in [1.165, 1.54) is 23.1 Å². The molecule has 4 nitrogen and oxygen atoms in total. The van der Waals surface area contributed by atoms with Crippen LogP contribution < -0.4 is 0 Å². The number of carbonyl (C=O) groups is 1.